The molecule has 0 spiro atoms. The van der Waals surface area contributed by atoms with Crippen molar-refractivity contribution in [3.05, 3.63) is 88.0 Å². The first kappa shape index (κ1) is 20.9. The van der Waals surface area contributed by atoms with Crippen LogP contribution in [0.15, 0.2) is 82.4 Å². The standard InChI is InChI=1S/C22H24BrFN2O/c1-3-4-5-6-7-13-26(2)22-15-19(24)9-8-10-21(22)25-20-12-11-18(23)14-17(20)16-27/h3-6,9-12,14-16,25H,7-8,13H2,1-2H3/b4-3-,6-5-. The van der Waals surface area contributed by atoms with Gasteiger partial charge in [0.05, 0.1) is 11.4 Å². The van der Waals surface area contributed by atoms with Gasteiger partial charge >= 0.3 is 0 Å². The lowest BCUT2D eigenvalue weighted by atomic mass is 10.1. The van der Waals surface area contributed by atoms with Crippen molar-refractivity contribution in [2.75, 3.05) is 18.9 Å². The third-order valence-corrected chi connectivity index (χ3v) is 4.57. The van der Waals surface area contributed by atoms with Crippen LogP contribution in [0.5, 0.6) is 0 Å². The molecule has 1 N–H and O–H groups in total. The Morgan fingerprint density at radius 2 is 2.11 bits per heavy atom. The molecule has 27 heavy (non-hydrogen) atoms. The Bertz CT molecular complexity index is 822. The molecule has 142 valence electrons. The number of benzene rings is 1. The summed E-state index contributed by atoms with van der Waals surface area (Å²) in [4.78, 5) is 13.4. The summed E-state index contributed by atoms with van der Waals surface area (Å²) in [5.41, 5.74) is 2.76. The highest BCUT2D eigenvalue weighted by Gasteiger charge is 2.15. The van der Waals surface area contributed by atoms with Gasteiger partial charge in [0, 0.05) is 29.3 Å². The molecule has 0 aromatic heterocycles. The van der Waals surface area contributed by atoms with Gasteiger partial charge in [-0.25, -0.2) is 4.39 Å². The van der Waals surface area contributed by atoms with E-state index in [0.717, 1.165) is 35.1 Å². The van der Waals surface area contributed by atoms with Crippen LogP contribution in [0.25, 0.3) is 0 Å². The Labute approximate surface area is 168 Å². The third kappa shape index (κ3) is 6.36. The highest BCUT2D eigenvalue weighted by Crippen LogP contribution is 2.27. The van der Waals surface area contributed by atoms with E-state index >= 15 is 0 Å². The molecule has 0 heterocycles. The molecule has 0 fully saturated rings. The molecular weight excluding hydrogens is 407 g/mol. The average Bonchev–Trinajstić information content (AvgIpc) is 2.84. The summed E-state index contributed by atoms with van der Waals surface area (Å²) >= 11 is 3.37. The fraction of sp³-hybridized carbons (Fsp3) is 0.227. The maximum atomic E-state index is 14.1. The molecule has 0 amide bonds. The number of hydrogen-bond acceptors (Lipinski definition) is 3. The Hall–Kier alpha value is -2.40. The fourth-order valence-corrected chi connectivity index (χ4v) is 3.04. The number of carbonyl (C=O) groups is 1. The molecule has 1 aliphatic carbocycles. The maximum Gasteiger partial charge on any atom is 0.152 e. The van der Waals surface area contributed by atoms with E-state index in [9.17, 15) is 9.18 Å². The molecule has 1 aromatic carbocycles. The number of aldehydes is 1. The number of allylic oxidation sites excluding steroid dienone is 7. The Morgan fingerprint density at radius 1 is 1.30 bits per heavy atom. The predicted molar refractivity (Wildman–Crippen MR) is 114 cm³/mol. The van der Waals surface area contributed by atoms with E-state index in [1.807, 2.05) is 55.3 Å². The lowest BCUT2D eigenvalue weighted by molar-refractivity contribution is 0.112. The molecule has 2 rings (SSSR count). The molecule has 0 radical (unpaired) electrons. The number of nitrogens with one attached hydrogen (secondary N) is 1. The highest BCUT2D eigenvalue weighted by molar-refractivity contribution is 9.10. The topological polar surface area (TPSA) is 32.3 Å². The van der Waals surface area contributed by atoms with Gasteiger partial charge in [-0.1, -0.05) is 46.3 Å². The van der Waals surface area contributed by atoms with E-state index < -0.39 is 0 Å². The summed E-state index contributed by atoms with van der Waals surface area (Å²) in [7, 11) is 1.94. The maximum absolute atomic E-state index is 14.1. The first-order chi connectivity index (χ1) is 13.0. The second-order valence-corrected chi connectivity index (χ2v) is 7.03. The highest BCUT2D eigenvalue weighted by atomic mass is 79.9. The Morgan fingerprint density at radius 3 is 2.85 bits per heavy atom. The molecule has 0 saturated carbocycles. The van der Waals surface area contributed by atoms with E-state index in [0.29, 0.717) is 17.7 Å². The molecule has 1 aliphatic rings. The third-order valence-electron chi connectivity index (χ3n) is 4.08. The molecule has 0 saturated heterocycles. The number of hydrogen-bond donors (Lipinski definition) is 1. The first-order valence-electron chi connectivity index (χ1n) is 8.83. The van der Waals surface area contributed by atoms with Crippen molar-refractivity contribution in [3.63, 3.8) is 0 Å². The number of halogens is 2. The minimum Gasteiger partial charge on any atom is -0.373 e. The SMILES string of the molecule is C/C=C\C=C/CCN(C)C1=CC(F)=CCC=C1Nc1ccc(Br)cc1C=O. The van der Waals surface area contributed by atoms with Crippen LogP contribution in [0.2, 0.25) is 0 Å². The largest absolute Gasteiger partial charge is 0.373 e. The molecule has 1 aromatic rings. The van der Waals surface area contributed by atoms with Gasteiger partial charge in [-0.15, -0.1) is 0 Å². The van der Waals surface area contributed by atoms with Crippen LogP contribution < -0.4 is 5.32 Å². The summed E-state index contributed by atoms with van der Waals surface area (Å²) in [6.45, 7) is 2.72. The van der Waals surface area contributed by atoms with Crippen LogP contribution in [-0.4, -0.2) is 24.8 Å². The normalized spacial score (nSPS) is 14.6. The monoisotopic (exact) mass is 430 g/mol. The van der Waals surface area contributed by atoms with Crippen molar-refractivity contribution in [2.24, 2.45) is 0 Å². The second kappa shape index (κ2) is 10.7. The fourth-order valence-electron chi connectivity index (χ4n) is 2.66. The van der Waals surface area contributed by atoms with E-state index in [-0.39, 0.29) is 5.83 Å². The van der Waals surface area contributed by atoms with Crippen molar-refractivity contribution >= 4 is 27.9 Å². The van der Waals surface area contributed by atoms with Crippen LogP contribution in [0.3, 0.4) is 0 Å². The van der Waals surface area contributed by atoms with Gasteiger partial charge in [-0.2, -0.15) is 0 Å². The minimum atomic E-state index is -0.263. The van der Waals surface area contributed by atoms with Crippen LogP contribution in [0.1, 0.15) is 30.1 Å². The lowest BCUT2D eigenvalue weighted by Gasteiger charge is -2.25. The van der Waals surface area contributed by atoms with E-state index in [1.165, 1.54) is 12.2 Å². The molecule has 0 bridgehead atoms. The molecule has 0 unspecified atom stereocenters. The molecule has 0 atom stereocenters. The van der Waals surface area contributed by atoms with Crippen molar-refractivity contribution in [1.29, 1.82) is 0 Å². The van der Waals surface area contributed by atoms with Gasteiger partial charge in [0.1, 0.15) is 5.83 Å². The Kier molecular flexibility index (Phi) is 8.27. The van der Waals surface area contributed by atoms with Crippen LogP contribution in [0, 0.1) is 0 Å². The van der Waals surface area contributed by atoms with Gasteiger partial charge in [0.25, 0.3) is 0 Å². The molecular formula is C22H24BrFN2O. The van der Waals surface area contributed by atoms with E-state index in [4.69, 9.17) is 0 Å². The first-order valence-corrected chi connectivity index (χ1v) is 9.63. The molecule has 0 aliphatic heterocycles. The summed E-state index contributed by atoms with van der Waals surface area (Å²) in [6, 6.07) is 5.45. The predicted octanol–water partition coefficient (Wildman–Crippen LogP) is 6.15. The summed E-state index contributed by atoms with van der Waals surface area (Å²) in [6.07, 6.45) is 15.2. The van der Waals surface area contributed by atoms with Gasteiger partial charge < -0.3 is 10.2 Å². The van der Waals surface area contributed by atoms with E-state index in [2.05, 4.69) is 27.3 Å². The number of anilines is 1. The van der Waals surface area contributed by atoms with Gasteiger partial charge in [-0.3, -0.25) is 4.79 Å². The summed E-state index contributed by atoms with van der Waals surface area (Å²) < 4.78 is 14.9. The van der Waals surface area contributed by atoms with Crippen LogP contribution in [0.4, 0.5) is 10.1 Å². The summed E-state index contributed by atoms with van der Waals surface area (Å²) in [5, 5.41) is 3.30. The lowest BCUT2D eigenvalue weighted by Crippen LogP contribution is -2.23. The van der Waals surface area contributed by atoms with Crippen molar-refractivity contribution in [1.82, 2.24) is 4.90 Å². The summed E-state index contributed by atoms with van der Waals surface area (Å²) in [5.74, 6) is -0.263. The van der Waals surface area contributed by atoms with Gasteiger partial charge in [0.2, 0.25) is 0 Å². The quantitative estimate of drug-likeness (QED) is 0.396. The van der Waals surface area contributed by atoms with Crippen molar-refractivity contribution in [2.45, 2.75) is 19.8 Å². The van der Waals surface area contributed by atoms with Gasteiger partial charge in [-0.05, 0) is 50.1 Å². The van der Waals surface area contributed by atoms with Crippen molar-refractivity contribution in [3.8, 4) is 0 Å². The number of rotatable bonds is 8. The number of nitrogens with zero attached hydrogens (tertiary/aromatic N) is 1. The number of carbonyl (C=O) groups excluding carboxylic acids is 1. The zero-order valence-corrected chi connectivity index (χ0v) is 17.2. The zero-order chi connectivity index (χ0) is 19.6. The molecule has 5 heteroatoms. The van der Waals surface area contributed by atoms with E-state index in [1.54, 1.807) is 6.07 Å². The van der Waals surface area contributed by atoms with Crippen molar-refractivity contribution < 1.29 is 9.18 Å². The second-order valence-electron chi connectivity index (χ2n) is 6.11. The van der Waals surface area contributed by atoms with Crippen LogP contribution in [-0.2, 0) is 0 Å². The average molecular weight is 431 g/mol. The Balaban J connectivity index is 2.21. The van der Waals surface area contributed by atoms with Gasteiger partial charge in [0.15, 0.2) is 6.29 Å². The smallest absolute Gasteiger partial charge is 0.152 e. The zero-order valence-electron chi connectivity index (χ0n) is 15.6. The number of likely N-dealkylation sites (N-methyl/N-ethyl adjacent to an activating group) is 1. The molecule has 3 nitrogen and oxygen atoms in total. The minimum absolute atomic E-state index is 0.263. The van der Waals surface area contributed by atoms with Crippen LogP contribution >= 0.6 is 15.9 Å².